The molecule has 0 spiro atoms. The molecule has 1 aromatic rings. The summed E-state index contributed by atoms with van der Waals surface area (Å²) >= 11 is 0. The molecule has 0 N–H and O–H groups in total. The van der Waals surface area contributed by atoms with Crippen LogP contribution < -0.4 is 4.74 Å². The normalized spacial score (nSPS) is 15.0. The second-order valence-corrected chi connectivity index (χ2v) is 4.83. The number of amides is 2. The summed E-state index contributed by atoms with van der Waals surface area (Å²) in [5.74, 6) is 0.673. The highest BCUT2D eigenvalue weighted by atomic mass is 16.5. The molecule has 0 aromatic heterocycles. The van der Waals surface area contributed by atoms with E-state index in [9.17, 15) is 9.59 Å². The van der Waals surface area contributed by atoms with E-state index >= 15 is 0 Å². The molecule has 2 rings (SSSR count). The molecule has 1 aliphatic rings. The van der Waals surface area contributed by atoms with Gasteiger partial charge in [-0.15, -0.1) is 0 Å². The molecule has 1 aromatic carbocycles. The van der Waals surface area contributed by atoms with Crippen LogP contribution in [0.2, 0.25) is 0 Å². The predicted molar refractivity (Wildman–Crippen MR) is 77.4 cm³/mol. The molecular weight excluding hydrogens is 272 g/mol. The number of rotatable bonds is 4. The Hall–Kier alpha value is -2.08. The van der Waals surface area contributed by atoms with Crippen molar-refractivity contribution in [2.45, 2.75) is 0 Å². The van der Waals surface area contributed by atoms with Gasteiger partial charge in [-0.2, -0.15) is 0 Å². The number of hydrogen-bond donors (Lipinski definition) is 0. The van der Waals surface area contributed by atoms with Gasteiger partial charge < -0.3 is 19.3 Å². The predicted octanol–water partition coefficient (Wildman–Crippen LogP) is 0.626. The molecule has 114 valence electrons. The summed E-state index contributed by atoms with van der Waals surface area (Å²) in [5.41, 5.74) is 0.632. The number of carbonyl (C=O) groups is 2. The van der Waals surface area contributed by atoms with Crippen LogP contribution in [0.25, 0.3) is 0 Å². The van der Waals surface area contributed by atoms with Crippen LogP contribution in [-0.4, -0.2) is 68.6 Å². The van der Waals surface area contributed by atoms with E-state index < -0.39 is 0 Å². The number of methoxy groups -OCH3 is 2. The highest BCUT2D eigenvalue weighted by molar-refractivity contribution is 5.94. The van der Waals surface area contributed by atoms with Crippen molar-refractivity contribution in [3.8, 4) is 5.75 Å². The van der Waals surface area contributed by atoms with E-state index in [4.69, 9.17) is 9.47 Å². The van der Waals surface area contributed by atoms with Crippen LogP contribution in [0.4, 0.5) is 0 Å². The van der Waals surface area contributed by atoms with Crippen LogP contribution in [-0.2, 0) is 9.53 Å². The van der Waals surface area contributed by atoms with Gasteiger partial charge in [-0.1, -0.05) is 0 Å². The first-order valence-electron chi connectivity index (χ1n) is 6.85. The first kappa shape index (κ1) is 15.3. The third-order valence-corrected chi connectivity index (χ3v) is 3.52. The Morgan fingerprint density at radius 1 is 1.00 bits per heavy atom. The lowest BCUT2D eigenvalue weighted by Gasteiger charge is -2.34. The minimum absolute atomic E-state index is 0.0171. The summed E-state index contributed by atoms with van der Waals surface area (Å²) in [4.78, 5) is 27.5. The van der Waals surface area contributed by atoms with Gasteiger partial charge in [-0.05, 0) is 24.3 Å². The summed E-state index contributed by atoms with van der Waals surface area (Å²) in [7, 11) is 3.09. The molecule has 6 heteroatoms. The third kappa shape index (κ3) is 3.72. The van der Waals surface area contributed by atoms with Gasteiger partial charge in [0.25, 0.3) is 5.91 Å². The van der Waals surface area contributed by atoms with Crippen molar-refractivity contribution < 1.29 is 19.1 Å². The van der Waals surface area contributed by atoms with Gasteiger partial charge in [-0.3, -0.25) is 9.59 Å². The SMILES string of the molecule is COCC(=O)N1CCN(C(=O)c2ccc(OC)cc2)CC1. The Kier molecular flexibility index (Phi) is 5.16. The molecule has 0 aliphatic carbocycles. The Bertz CT molecular complexity index is 493. The Labute approximate surface area is 124 Å². The van der Waals surface area contributed by atoms with Crippen molar-refractivity contribution in [3.63, 3.8) is 0 Å². The maximum atomic E-state index is 12.4. The zero-order valence-electron chi connectivity index (χ0n) is 12.4. The molecule has 0 atom stereocenters. The van der Waals surface area contributed by atoms with Gasteiger partial charge >= 0.3 is 0 Å². The van der Waals surface area contributed by atoms with E-state index in [0.29, 0.717) is 31.7 Å². The second-order valence-electron chi connectivity index (χ2n) is 4.83. The smallest absolute Gasteiger partial charge is 0.253 e. The summed E-state index contributed by atoms with van der Waals surface area (Å²) in [6, 6.07) is 7.05. The maximum Gasteiger partial charge on any atom is 0.253 e. The molecule has 0 unspecified atom stereocenters. The third-order valence-electron chi connectivity index (χ3n) is 3.52. The Morgan fingerprint density at radius 2 is 1.57 bits per heavy atom. The van der Waals surface area contributed by atoms with Crippen molar-refractivity contribution in [1.82, 2.24) is 9.80 Å². The Morgan fingerprint density at radius 3 is 2.10 bits per heavy atom. The Balaban J connectivity index is 1.92. The standard InChI is InChI=1S/C15H20N2O4/c1-20-11-14(18)16-7-9-17(10-8-16)15(19)12-3-5-13(21-2)6-4-12/h3-6H,7-11H2,1-2H3. The van der Waals surface area contributed by atoms with Gasteiger partial charge in [0.05, 0.1) is 7.11 Å². The van der Waals surface area contributed by atoms with Crippen LogP contribution in [0.3, 0.4) is 0 Å². The highest BCUT2D eigenvalue weighted by Crippen LogP contribution is 2.14. The average molecular weight is 292 g/mol. The highest BCUT2D eigenvalue weighted by Gasteiger charge is 2.24. The minimum atomic E-state index is -0.0333. The molecular formula is C15H20N2O4. The first-order valence-corrected chi connectivity index (χ1v) is 6.85. The monoisotopic (exact) mass is 292 g/mol. The fourth-order valence-electron chi connectivity index (χ4n) is 2.29. The maximum absolute atomic E-state index is 12.4. The minimum Gasteiger partial charge on any atom is -0.497 e. The molecule has 1 fully saturated rings. The zero-order valence-corrected chi connectivity index (χ0v) is 12.4. The number of benzene rings is 1. The number of carbonyl (C=O) groups excluding carboxylic acids is 2. The van der Waals surface area contributed by atoms with Crippen LogP contribution in [0.5, 0.6) is 5.75 Å². The van der Waals surface area contributed by atoms with Gasteiger partial charge in [0.2, 0.25) is 5.91 Å². The van der Waals surface area contributed by atoms with Crippen molar-refractivity contribution in [2.75, 3.05) is 47.0 Å². The lowest BCUT2D eigenvalue weighted by atomic mass is 10.1. The lowest BCUT2D eigenvalue weighted by Crippen LogP contribution is -2.51. The van der Waals surface area contributed by atoms with Crippen molar-refractivity contribution in [3.05, 3.63) is 29.8 Å². The second kappa shape index (κ2) is 7.08. The van der Waals surface area contributed by atoms with E-state index in [1.807, 2.05) is 0 Å². The van der Waals surface area contributed by atoms with Gasteiger partial charge in [-0.25, -0.2) is 0 Å². The molecule has 21 heavy (non-hydrogen) atoms. The summed E-state index contributed by atoms with van der Waals surface area (Å²) < 4.78 is 9.92. The molecule has 2 amide bonds. The fraction of sp³-hybridized carbons (Fsp3) is 0.467. The molecule has 0 bridgehead atoms. The summed E-state index contributed by atoms with van der Waals surface area (Å²) in [6.07, 6.45) is 0. The number of ether oxygens (including phenoxy) is 2. The van der Waals surface area contributed by atoms with E-state index in [2.05, 4.69) is 0 Å². The number of nitrogens with zero attached hydrogens (tertiary/aromatic N) is 2. The van der Waals surface area contributed by atoms with Crippen molar-refractivity contribution in [2.24, 2.45) is 0 Å². The van der Waals surface area contributed by atoms with Crippen LogP contribution in [0.1, 0.15) is 10.4 Å². The quantitative estimate of drug-likeness (QED) is 0.816. The average Bonchev–Trinajstić information content (AvgIpc) is 2.54. The molecule has 0 radical (unpaired) electrons. The van der Waals surface area contributed by atoms with Crippen LogP contribution in [0.15, 0.2) is 24.3 Å². The molecule has 1 saturated heterocycles. The lowest BCUT2D eigenvalue weighted by molar-refractivity contribution is -0.136. The van der Waals surface area contributed by atoms with Gasteiger partial charge in [0, 0.05) is 38.9 Å². The first-order chi connectivity index (χ1) is 10.2. The number of piperazine rings is 1. The van der Waals surface area contributed by atoms with Crippen LogP contribution in [0, 0.1) is 0 Å². The molecule has 6 nitrogen and oxygen atoms in total. The summed E-state index contributed by atoms with van der Waals surface area (Å²) in [6.45, 7) is 2.27. The van der Waals surface area contributed by atoms with E-state index in [1.54, 1.807) is 41.2 Å². The van der Waals surface area contributed by atoms with Gasteiger partial charge in [0.15, 0.2) is 0 Å². The van der Waals surface area contributed by atoms with Gasteiger partial charge in [0.1, 0.15) is 12.4 Å². The van der Waals surface area contributed by atoms with Crippen molar-refractivity contribution in [1.29, 1.82) is 0 Å². The fourth-order valence-corrected chi connectivity index (χ4v) is 2.29. The largest absolute Gasteiger partial charge is 0.497 e. The molecule has 1 heterocycles. The number of hydrogen-bond acceptors (Lipinski definition) is 4. The topological polar surface area (TPSA) is 59.1 Å². The van der Waals surface area contributed by atoms with Crippen molar-refractivity contribution >= 4 is 11.8 Å². The zero-order chi connectivity index (χ0) is 15.2. The summed E-state index contributed by atoms with van der Waals surface area (Å²) in [5, 5.41) is 0. The van der Waals surface area contributed by atoms with E-state index in [-0.39, 0.29) is 18.4 Å². The van der Waals surface area contributed by atoms with E-state index in [1.165, 1.54) is 7.11 Å². The van der Waals surface area contributed by atoms with E-state index in [0.717, 1.165) is 5.75 Å². The van der Waals surface area contributed by atoms with Crippen LogP contribution >= 0.6 is 0 Å². The molecule has 1 aliphatic heterocycles. The molecule has 0 saturated carbocycles.